The Morgan fingerprint density at radius 1 is 1.33 bits per heavy atom. The average molecular weight is 231 g/mol. The molecule has 0 aromatic rings. The largest absolute Gasteiger partial charge is 0.385 e. The third kappa shape index (κ3) is 2.34. The summed E-state index contributed by atoms with van der Waals surface area (Å²) in [5, 5.41) is 0. The Bertz CT molecular complexity index is 207. The SMILES string of the molecule is COCCCCC1(CCl)CC2CCC1C2. The highest BCUT2D eigenvalue weighted by molar-refractivity contribution is 6.18. The lowest BCUT2D eigenvalue weighted by molar-refractivity contribution is 0.154. The van der Waals surface area contributed by atoms with Crippen LogP contribution in [0.25, 0.3) is 0 Å². The molecule has 2 heteroatoms. The Balaban J connectivity index is 1.81. The van der Waals surface area contributed by atoms with Gasteiger partial charge in [-0.15, -0.1) is 11.6 Å². The maximum Gasteiger partial charge on any atom is 0.0462 e. The summed E-state index contributed by atoms with van der Waals surface area (Å²) in [7, 11) is 1.79. The summed E-state index contributed by atoms with van der Waals surface area (Å²) in [6.07, 6.45) is 9.63. The Hall–Kier alpha value is 0.250. The monoisotopic (exact) mass is 230 g/mol. The van der Waals surface area contributed by atoms with E-state index in [4.69, 9.17) is 16.3 Å². The predicted molar refractivity (Wildman–Crippen MR) is 64.3 cm³/mol. The van der Waals surface area contributed by atoms with Gasteiger partial charge < -0.3 is 4.74 Å². The minimum absolute atomic E-state index is 0.512. The fraction of sp³-hybridized carbons (Fsp3) is 1.00. The highest BCUT2D eigenvalue weighted by Crippen LogP contribution is 2.58. The third-order valence-corrected chi connectivity index (χ3v) is 5.17. The van der Waals surface area contributed by atoms with Crippen LogP contribution in [0.15, 0.2) is 0 Å². The van der Waals surface area contributed by atoms with Gasteiger partial charge in [0.05, 0.1) is 0 Å². The van der Waals surface area contributed by atoms with Crippen LogP contribution in [0.2, 0.25) is 0 Å². The minimum atomic E-state index is 0.512. The molecule has 2 rings (SSSR count). The summed E-state index contributed by atoms with van der Waals surface area (Å²) in [4.78, 5) is 0. The highest BCUT2D eigenvalue weighted by Gasteiger charge is 2.49. The Morgan fingerprint density at radius 3 is 2.73 bits per heavy atom. The molecule has 2 fully saturated rings. The molecule has 0 aromatic carbocycles. The Morgan fingerprint density at radius 2 is 2.20 bits per heavy atom. The zero-order chi connectivity index (χ0) is 10.7. The summed E-state index contributed by atoms with van der Waals surface area (Å²) in [5.74, 6) is 2.85. The molecule has 0 N–H and O–H groups in total. The quantitative estimate of drug-likeness (QED) is 0.498. The molecule has 1 nitrogen and oxygen atoms in total. The molecule has 0 spiro atoms. The maximum atomic E-state index is 6.24. The molecule has 0 amide bonds. The predicted octanol–water partition coefficient (Wildman–Crippen LogP) is 3.85. The molecule has 0 aliphatic heterocycles. The number of alkyl halides is 1. The van der Waals surface area contributed by atoms with Gasteiger partial charge in [-0.1, -0.05) is 12.8 Å². The van der Waals surface area contributed by atoms with E-state index in [1.807, 2.05) is 0 Å². The van der Waals surface area contributed by atoms with Crippen LogP contribution >= 0.6 is 11.6 Å². The number of hydrogen-bond donors (Lipinski definition) is 0. The van der Waals surface area contributed by atoms with E-state index in [1.165, 1.54) is 44.9 Å². The van der Waals surface area contributed by atoms with Crippen LogP contribution in [0.4, 0.5) is 0 Å². The number of hydrogen-bond acceptors (Lipinski definition) is 1. The van der Waals surface area contributed by atoms with E-state index < -0.39 is 0 Å². The number of methoxy groups -OCH3 is 1. The number of rotatable bonds is 6. The van der Waals surface area contributed by atoms with E-state index in [1.54, 1.807) is 7.11 Å². The molecule has 2 aliphatic rings. The zero-order valence-corrected chi connectivity index (χ0v) is 10.6. The van der Waals surface area contributed by atoms with Crippen LogP contribution in [0.1, 0.15) is 44.9 Å². The van der Waals surface area contributed by atoms with Gasteiger partial charge in [0.2, 0.25) is 0 Å². The zero-order valence-electron chi connectivity index (χ0n) is 9.80. The first-order valence-corrected chi connectivity index (χ1v) is 6.89. The molecule has 15 heavy (non-hydrogen) atoms. The summed E-state index contributed by atoms with van der Waals surface area (Å²) >= 11 is 6.24. The van der Waals surface area contributed by atoms with Crippen molar-refractivity contribution in [3.8, 4) is 0 Å². The maximum absolute atomic E-state index is 6.24. The first-order chi connectivity index (χ1) is 7.30. The first kappa shape index (κ1) is 11.7. The fourth-order valence-corrected chi connectivity index (χ4v) is 4.28. The van der Waals surface area contributed by atoms with E-state index in [0.29, 0.717) is 5.41 Å². The van der Waals surface area contributed by atoms with Gasteiger partial charge in [0.15, 0.2) is 0 Å². The lowest BCUT2D eigenvalue weighted by Gasteiger charge is -2.36. The van der Waals surface area contributed by atoms with Crippen molar-refractivity contribution >= 4 is 11.6 Å². The molecule has 88 valence electrons. The second kappa shape index (κ2) is 5.05. The summed E-state index contributed by atoms with van der Waals surface area (Å²) in [6, 6.07) is 0. The van der Waals surface area contributed by atoms with Crippen LogP contribution < -0.4 is 0 Å². The molecule has 2 bridgehead atoms. The van der Waals surface area contributed by atoms with Gasteiger partial charge in [-0.2, -0.15) is 0 Å². The van der Waals surface area contributed by atoms with E-state index in [9.17, 15) is 0 Å². The number of unbranched alkanes of at least 4 members (excludes halogenated alkanes) is 1. The van der Waals surface area contributed by atoms with Crippen molar-refractivity contribution in [2.45, 2.75) is 44.9 Å². The van der Waals surface area contributed by atoms with Crippen molar-refractivity contribution in [1.29, 1.82) is 0 Å². The third-order valence-electron chi connectivity index (χ3n) is 4.64. The molecular weight excluding hydrogens is 208 g/mol. The molecule has 2 aliphatic carbocycles. The molecule has 0 aromatic heterocycles. The average Bonchev–Trinajstić information content (AvgIpc) is 2.85. The van der Waals surface area contributed by atoms with Crippen molar-refractivity contribution in [2.24, 2.45) is 17.3 Å². The van der Waals surface area contributed by atoms with Crippen molar-refractivity contribution in [1.82, 2.24) is 0 Å². The number of fused-ring (bicyclic) bond motifs is 2. The molecular formula is C13H23ClO. The molecule has 0 saturated heterocycles. The van der Waals surface area contributed by atoms with Crippen molar-refractivity contribution in [3.63, 3.8) is 0 Å². The summed E-state index contributed by atoms with van der Waals surface area (Å²) in [5.41, 5.74) is 0.512. The smallest absolute Gasteiger partial charge is 0.0462 e. The van der Waals surface area contributed by atoms with Crippen LogP contribution in [0.5, 0.6) is 0 Å². The normalized spacial score (nSPS) is 38.8. The molecule has 3 atom stereocenters. The number of ether oxygens (including phenoxy) is 1. The highest BCUT2D eigenvalue weighted by atomic mass is 35.5. The molecule has 0 heterocycles. The lowest BCUT2D eigenvalue weighted by Crippen LogP contribution is -2.29. The first-order valence-electron chi connectivity index (χ1n) is 6.35. The van der Waals surface area contributed by atoms with Gasteiger partial charge in [-0.05, 0) is 49.4 Å². The second-order valence-electron chi connectivity index (χ2n) is 5.53. The van der Waals surface area contributed by atoms with Crippen LogP contribution in [0.3, 0.4) is 0 Å². The van der Waals surface area contributed by atoms with Crippen LogP contribution in [-0.4, -0.2) is 19.6 Å². The summed E-state index contributed by atoms with van der Waals surface area (Å²) < 4.78 is 5.10. The minimum Gasteiger partial charge on any atom is -0.385 e. The van der Waals surface area contributed by atoms with E-state index in [0.717, 1.165) is 24.3 Å². The topological polar surface area (TPSA) is 9.23 Å². The fourth-order valence-electron chi connectivity index (χ4n) is 3.82. The molecule has 0 radical (unpaired) electrons. The lowest BCUT2D eigenvalue weighted by atomic mass is 9.71. The Kier molecular flexibility index (Phi) is 3.95. The van der Waals surface area contributed by atoms with Gasteiger partial charge in [0, 0.05) is 19.6 Å². The van der Waals surface area contributed by atoms with Gasteiger partial charge in [0.25, 0.3) is 0 Å². The summed E-state index contributed by atoms with van der Waals surface area (Å²) in [6.45, 7) is 0.909. The van der Waals surface area contributed by atoms with Gasteiger partial charge in [-0.3, -0.25) is 0 Å². The molecule has 2 saturated carbocycles. The standard InChI is InChI=1S/C13H23ClO/c1-15-7-3-2-6-13(10-14)9-11-4-5-12(13)8-11/h11-12H,2-10H2,1H3. The van der Waals surface area contributed by atoms with Crippen molar-refractivity contribution in [3.05, 3.63) is 0 Å². The Labute approximate surface area is 98.5 Å². The van der Waals surface area contributed by atoms with Gasteiger partial charge in [0.1, 0.15) is 0 Å². The van der Waals surface area contributed by atoms with E-state index >= 15 is 0 Å². The van der Waals surface area contributed by atoms with Crippen molar-refractivity contribution in [2.75, 3.05) is 19.6 Å². The van der Waals surface area contributed by atoms with E-state index in [-0.39, 0.29) is 0 Å². The van der Waals surface area contributed by atoms with Gasteiger partial charge in [-0.25, -0.2) is 0 Å². The molecule has 3 unspecified atom stereocenters. The van der Waals surface area contributed by atoms with E-state index in [2.05, 4.69) is 0 Å². The second-order valence-corrected chi connectivity index (χ2v) is 5.79. The van der Waals surface area contributed by atoms with Crippen LogP contribution in [-0.2, 0) is 4.74 Å². The van der Waals surface area contributed by atoms with Crippen LogP contribution in [0, 0.1) is 17.3 Å². The number of halogens is 1. The van der Waals surface area contributed by atoms with Gasteiger partial charge >= 0.3 is 0 Å². The van der Waals surface area contributed by atoms with Crippen molar-refractivity contribution < 1.29 is 4.74 Å².